The molecule has 2 saturated carbocycles. The minimum Gasteiger partial charge on any atom is -0.508 e. The van der Waals surface area contributed by atoms with Gasteiger partial charge in [-0.05, 0) is 97.6 Å². The third kappa shape index (κ3) is 8.90. The van der Waals surface area contributed by atoms with Gasteiger partial charge in [0.15, 0.2) is 0 Å². The molecule has 0 aromatic heterocycles. The fourth-order valence-electron chi connectivity index (χ4n) is 6.08. The van der Waals surface area contributed by atoms with E-state index in [1.807, 2.05) is 24.3 Å². The molecular weight excluding hydrogens is 456 g/mol. The van der Waals surface area contributed by atoms with E-state index in [1.165, 1.54) is 75.3 Å². The molecular formula is C34H50O3. The number of phenols is 1. The number of carbonyl (C=O) groups is 1. The normalized spacial score (nSPS) is 18.5. The van der Waals surface area contributed by atoms with Crippen molar-refractivity contribution in [2.45, 2.75) is 117 Å². The van der Waals surface area contributed by atoms with Crippen molar-refractivity contribution in [2.24, 2.45) is 17.8 Å². The van der Waals surface area contributed by atoms with Crippen LogP contribution in [0, 0.1) is 17.8 Å². The van der Waals surface area contributed by atoms with Gasteiger partial charge < -0.3 is 9.84 Å². The Labute approximate surface area is 226 Å². The molecule has 2 fully saturated rings. The lowest BCUT2D eigenvalue weighted by Crippen LogP contribution is -2.36. The van der Waals surface area contributed by atoms with E-state index in [4.69, 9.17) is 9.84 Å². The molecule has 2 aliphatic carbocycles. The number of carbonyl (C=O) groups excluding carboxylic acids is 1. The van der Waals surface area contributed by atoms with Gasteiger partial charge in [0.1, 0.15) is 11.5 Å². The summed E-state index contributed by atoms with van der Waals surface area (Å²) in [5.41, 5.74) is 2.62. The molecule has 2 aromatic rings. The first-order valence-corrected chi connectivity index (χ1v) is 15.0. The lowest BCUT2D eigenvalue weighted by atomic mass is 9.69. The van der Waals surface area contributed by atoms with Crippen LogP contribution >= 0.6 is 0 Å². The van der Waals surface area contributed by atoms with Gasteiger partial charge in [0.25, 0.3) is 0 Å². The van der Waals surface area contributed by atoms with Gasteiger partial charge in [-0.1, -0.05) is 90.5 Å². The predicted octanol–water partition coefficient (Wildman–Crippen LogP) is 9.79. The Bertz CT molecular complexity index is 887. The van der Waals surface area contributed by atoms with Crippen LogP contribution in [-0.4, -0.2) is 11.1 Å². The first-order chi connectivity index (χ1) is 17.9. The van der Waals surface area contributed by atoms with Crippen LogP contribution in [0.4, 0.5) is 0 Å². The summed E-state index contributed by atoms with van der Waals surface area (Å²) in [5.74, 6) is 3.45. The molecule has 0 radical (unpaired) electrons. The number of ether oxygens (including phenoxy) is 1. The average molecular weight is 507 g/mol. The third-order valence-corrected chi connectivity index (χ3v) is 8.94. The Morgan fingerprint density at radius 3 is 1.54 bits per heavy atom. The summed E-state index contributed by atoms with van der Waals surface area (Å²) in [6, 6.07) is 15.6. The molecule has 204 valence electrons. The second-order valence-corrected chi connectivity index (χ2v) is 11.5. The van der Waals surface area contributed by atoms with Crippen LogP contribution < -0.4 is 4.74 Å². The van der Waals surface area contributed by atoms with Crippen molar-refractivity contribution in [3.63, 3.8) is 0 Å². The predicted molar refractivity (Wildman–Crippen MR) is 154 cm³/mol. The second kappa shape index (κ2) is 15.2. The number of benzene rings is 2. The van der Waals surface area contributed by atoms with E-state index in [9.17, 15) is 4.79 Å². The molecule has 2 aromatic carbocycles. The number of hydrogen-bond acceptors (Lipinski definition) is 3. The minimum atomic E-state index is 0.0417. The Hall–Kier alpha value is -2.29. The van der Waals surface area contributed by atoms with Gasteiger partial charge in [-0.2, -0.15) is 0 Å². The van der Waals surface area contributed by atoms with Crippen LogP contribution in [0.3, 0.4) is 0 Å². The molecule has 37 heavy (non-hydrogen) atoms. The van der Waals surface area contributed by atoms with Gasteiger partial charge in [-0.25, -0.2) is 0 Å². The smallest absolute Gasteiger partial charge is 0.314 e. The summed E-state index contributed by atoms with van der Waals surface area (Å²) >= 11 is 0. The van der Waals surface area contributed by atoms with Gasteiger partial charge in [0.05, 0.1) is 5.92 Å². The minimum absolute atomic E-state index is 0.0417. The molecule has 2 unspecified atom stereocenters. The molecule has 0 amide bonds. The molecule has 2 aliphatic rings. The van der Waals surface area contributed by atoms with Crippen LogP contribution in [0.2, 0.25) is 0 Å². The molecule has 3 nitrogen and oxygen atoms in total. The summed E-state index contributed by atoms with van der Waals surface area (Å²) in [6.07, 6.45) is 14.9. The van der Waals surface area contributed by atoms with Crippen molar-refractivity contribution in [1.29, 1.82) is 0 Å². The Kier molecular flexibility index (Phi) is 12.0. The van der Waals surface area contributed by atoms with Crippen molar-refractivity contribution in [2.75, 3.05) is 0 Å². The monoisotopic (exact) mass is 506 g/mol. The topological polar surface area (TPSA) is 46.5 Å². The fraction of sp³-hybridized carbons (Fsp3) is 0.618. The van der Waals surface area contributed by atoms with Gasteiger partial charge in [0, 0.05) is 0 Å². The summed E-state index contributed by atoms with van der Waals surface area (Å²) in [7, 11) is 0. The van der Waals surface area contributed by atoms with E-state index >= 15 is 0 Å². The highest BCUT2D eigenvalue weighted by Gasteiger charge is 2.37. The molecule has 0 bridgehead atoms. The van der Waals surface area contributed by atoms with E-state index in [0.29, 0.717) is 29.4 Å². The second-order valence-electron chi connectivity index (χ2n) is 11.5. The van der Waals surface area contributed by atoms with Crippen LogP contribution in [0.15, 0.2) is 48.5 Å². The van der Waals surface area contributed by atoms with Gasteiger partial charge in [0.2, 0.25) is 0 Å². The molecule has 0 spiro atoms. The SMILES string of the molecule is CCC(C)c1ccc(O)cc1.CCC(C)c1ccc(OC(=O)C(C2CCCCC2)C2CCCCC2)cc1. The van der Waals surface area contributed by atoms with Crippen LogP contribution in [-0.2, 0) is 4.79 Å². The number of rotatable bonds is 8. The molecule has 4 rings (SSSR count). The van der Waals surface area contributed by atoms with Crippen molar-refractivity contribution in [1.82, 2.24) is 0 Å². The Morgan fingerprint density at radius 2 is 1.14 bits per heavy atom. The summed E-state index contributed by atoms with van der Waals surface area (Å²) in [4.78, 5) is 13.2. The Balaban J connectivity index is 0.000000289. The number of phenolic OH excluding ortho intramolecular Hbond substituents is 1. The maximum absolute atomic E-state index is 13.2. The first-order valence-electron chi connectivity index (χ1n) is 15.0. The van der Waals surface area contributed by atoms with E-state index < -0.39 is 0 Å². The van der Waals surface area contributed by atoms with E-state index in [-0.39, 0.29) is 11.9 Å². The summed E-state index contributed by atoms with van der Waals surface area (Å²) < 4.78 is 5.91. The highest BCUT2D eigenvalue weighted by atomic mass is 16.5. The molecule has 0 saturated heterocycles. The van der Waals surface area contributed by atoms with Crippen LogP contribution in [0.1, 0.15) is 128 Å². The van der Waals surface area contributed by atoms with Crippen LogP contribution in [0.25, 0.3) is 0 Å². The highest BCUT2D eigenvalue weighted by molar-refractivity contribution is 5.76. The number of esters is 1. The molecule has 2 atom stereocenters. The zero-order valence-electron chi connectivity index (χ0n) is 23.8. The number of aromatic hydroxyl groups is 1. The lowest BCUT2D eigenvalue weighted by Gasteiger charge is -2.36. The zero-order chi connectivity index (χ0) is 26.6. The molecule has 1 N–H and O–H groups in total. The fourth-order valence-corrected chi connectivity index (χ4v) is 6.08. The third-order valence-electron chi connectivity index (χ3n) is 8.94. The summed E-state index contributed by atoms with van der Waals surface area (Å²) in [6.45, 7) is 8.80. The van der Waals surface area contributed by atoms with Gasteiger partial charge in [-0.3, -0.25) is 4.79 Å². The van der Waals surface area contributed by atoms with Gasteiger partial charge >= 0.3 is 5.97 Å². The highest BCUT2D eigenvalue weighted by Crippen LogP contribution is 2.41. The zero-order valence-corrected chi connectivity index (χ0v) is 23.8. The van der Waals surface area contributed by atoms with Gasteiger partial charge in [-0.15, -0.1) is 0 Å². The van der Waals surface area contributed by atoms with Crippen molar-refractivity contribution in [3.05, 3.63) is 59.7 Å². The van der Waals surface area contributed by atoms with Crippen molar-refractivity contribution < 1.29 is 14.6 Å². The summed E-state index contributed by atoms with van der Waals surface area (Å²) in [5, 5.41) is 9.01. The maximum atomic E-state index is 13.2. The standard InChI is InChI=1S/C24H36O2.C10H14O/c1-3-18(2)19-14-16-22(17-15-19)26-24(25)23(20-10-6-4-7-11-20)21-12-8-5-9-13-21;1-3-8(2)9-4-6-10(11)7-5-9/h14-18,20-21,23H,3-13H2,1-2H3;4-8,11H,3H2,1-2H3. The molecule has 0 aliphatic heterocycles. The molecule has 0 heterocycles. The van der Waals surface area contributed by atoms with E-state index in [1.54, 1.807) is 12.1 Å². The largest absolute Gasteiger partial charge is 0.508 e. The van der Waals surface area contributed by atoms with Crippen molar-refractivity contribution in [3.8, 4) is 11.5 Å². The maximum Gasteiger partial charge on any atom is 0.314 e. The Morgan fingerprint density at radius 1 is 0.730 bits per heavy atom. The molecule has 3 heteroatoms. The van der Waals surface area contributed by atoms with Crippen molar-refractivity contribution >= 4 is 5.97 Å². The van der Waals surface area contributed by atoms with E-state index in [2.05, 4.69) is 39.8 Å². The first kappa shape index (κ1) is 29.3. The van der Waals surface area contributed by atoms with Crippen LogP contribution in [0.5, 0.6) is 11.5 Å². The van der Waals surface area contributed by atoms with E-state index in [0.717, 1.165) is 18.6 Å². The lowest BCUT2D eigenvalue weighted by molar-refractivity contribution is -0.144. The average Bonchev–Trinajstić information content (AvgIpc) is 2.94. The number of hydrogen-bond donors (Lipinski definition) is 1. The quantitative estimate of drug-likeness (QED) is 0.286.